The van der Waals surface area contributed by atoms with Crippen molar-refractivity contribution in [2.75, 3.05) is 11.4 Å². The zero-order chi connectivity index (χ0) is 21.7. The number of hydrogen-bond donors (Lipinski definition) is 1. The maximum atomic E-state index is 13.0. The van der Waals surface area contributed by atoms with Gasteiger partial charge in [0.15, 0.2) is 11.7 Å². The summed E-state index contributed by atoms with van der Waals surface area (Å²) in [5.74, 6) is -0.617. The van der Waals surface area contributed by atoms with Crippen molar-refractivity contribution in [3.63, 3.8) is 0 Å². The van der Waals surface area contributed by atoms with Crippen LogP contribution in [0.2, 0.25) is 0 Å². The number of aliphatic hydroxyl groups is 1. The monoisotopic (exact) mass is 426 g/mol. The first-order valence-corrected chi connectivity index (χ1v) is 9.08. The number of pyridine rings is 1. The molecule has 29 heavy (non-hydrogen) atoms. The van der Waals surface area contributed by atoms with E-state index in [1.807, 2.05) is 0 Å². The molecule has 0 unspecified atom stereocenters. The number of anilines is 1. The van der Waals surface area contributed by atoms with Crippen LogP contribution in [0.1, 0.15) is 39.0 Å². The first-order chi connectivity index (χ1) is 13.3. The number of hydrogen-bond acceptors (Lipinski definition) is 4. The number of rotatable bonds is 3. The highest BCUT2D eigenvalue weighted by atomic mass is 19.4. The first kappa shape index (κ1) is 21.7. The van der Waals surface area contributed by atoms with Crippen LogP contribution in [0.3, 0.4) is 0 Å². The van der Waals surface area contributed by atoms with Gasteiger partial charge in [-0.25, -0.2) is 4.98 Å². The second-order valence-corrected chi connectivity index (χ2v) is 7.67. The van der Waals surface area contributed by atoms with Crippen LogP contribution in [0, 0.1) is 5.41 Å². The molecule has 11 heteroatoms. The Morgan fingerprint density at radius 1 is 1.10 bits per heavy atom. The number of nitrogens with zero attached hydrogens (tertiary/aromatic N) is 2. The summed E-state index contributed by atoms with van der Waals surface area (Å²) in [6.07, 6.45) is -11.1. The average Bonchev–Trinajstić information content (AvgIpc) is 2.93. The van der Waals surface area contributed by atoms with E-state index in [0.29, 0.717) is 12.1 Å². The molecule has 5 nitrogen and oxygen atoms in total. The molecule has 1 aromatic heterocycles. The molecule has 0 bridgehead atoms. The molecule has 2 fully saturated rings. The molecule has 1 aromatic rings. The van der Waals surface area contributed by atoms with Crippen LogP contribution in [0.25, 0.3) is 0 Å². The number of ether oxygens (including phenoxy) is 1. The second-order valence-electron chi connectivity index (χ2n) is 7.67. The summed E-state index contributed by atoms with van der Waals surface area (Å²) < 4.78 is 81.4. The van der Waals surface area contributed by atoms with Crippen molar-refractivity contribution in [2.24, 2.45) is 5.41 Å². The molecule has 1 N–H and O–H groups in total. The van der Waals surface area contributed by atoms with Crippen LogP contribution in [0.5, 0.6) is 5.88 Å². The Hall–Kier alpha value is -2.04. The number of carbonyl (C=O) groups excluding carboxylic acids is 1. The Labute approximate surface area is 162 Å². The van der Waals surface area contributed by atoms with Gasteiger partial charge in [-0.15, -0.1) is 0 Å². The van der Waals surface area contributed by atoms with Gasteiger partial charge in [-0.3, -0.25) is 4.79 Å². The molecule has 2 aliphatic rings. The predicted molar refractivity (Wildman–Crippen MR) is 89.3 cm³/mol. The summed E-state index contributed by atoms with van der Waals surface area (Å²) in [6.45, 7) is 1.10. The van der Waals surface area contributed by atoms with E-state index in [1.165, 1.54) is 23.2 Å². The van der Waals surface area contributed by atoms with Gasteiger partial charge in [-0.1, -0.05) is 0 Å². The molecule has 0 aromatic carbocycles. The van der Waals surface area contributed by atoms with Gasteiger partial charge in [0, 0.05) is 12.6 Å². The first-order valence-electron chi connectivity index (χ1n) is 9.08. The lowest BCUT2D eigenvalue weighted by molar-refractivity contribution is -0.274. The van der Waals surface area contributed by atoms with Crippen molar-refractivity contribution in [1.29, 1.82) is 0 Å². The van der Waals surface area contributed by atoms with Gasteiger partial charge in [0.25, 0.3) is 0 Å². The quantitative estimate of drug-likeness (QED) is 0.743. The molecule has 1 aliphatic carbocycles. The lowest BCUT2D eigenvalue weighted by Gasteiger charge is -2.41. The highest BCUT2D eigenvalue weighted by Crippen LogP contribution is 2.52. The van der Waals surface area contributed by atoms with Crippen molar-refractivity contribution >= 4 is 11.6 Å². The van der Waals surface area contributed by atoms with Crippen LogP contribution in [0.15, 0.2) is 18.3 Å². The molecule has 3 rings (SSSR count). The van der Waals surface area contributed by atoms with E-state index in [9.17, 15) is 36.2 Å². The predicted octanol–water partition coefficient (Wildman–Crippen LogP) is 4.00. The third kappa shape index (κ3) is 4.01. The van der Waals surface area contributed by atoms with Crippen molar-refractivity contribution in [1.82, 2.24) is 4.98 Å². The molecule has 1 atom stereocenters. The van der Waals surface area contributed by atoms with Gasteiger partial charge < -0.3 is 14.7 Å². The van der Waals surface area contributed by atoms with Crippen molar-refractivity contribution in [3.05, 3.63) is 18.3 Å². The fourth-order valence-corrected chi connectivity index (χ4v) is 3.81. The number of carbonyl (C=O) groups is 1. The minimum atomic E-state index is -4.75. The van der Waals surface area contributed by atoms with Gasteiger partial charge in [-0.05, 0) is 45.1 Å². The number of halogens is 6. The molecular formula is C18H20F6N2O3. The molecular weight excluding hydrogens is 406 g/mol. The summed E-state index contributed by atoms with van der Waals surface area (Å²) in [5, 5.41) is 9.83. The van der Waals surface area contributed by atoms with Crippen LogP contribution in [-0.4, -0.2) is 46.6 Å². The number of amides is 1. The Morgan fingerprint density at radius 2 is 1.72 bits per heavy atom. The zero-order valence-corrected chi connectivity index (χ0v) is 15.5. The molecule has 162 valence electrons. The van der Waals surface area contributed by atoms with E-state index in [4.69, 9.17) is 4.74 Å². The standard InChI is InChI=1S/C18H20F6N2O3/c1-11(17(19,20)21)29-13-3-2-12(10-25-13)26-9-8-15(14(26)27)4-6-16(28,7-5-15)18(22,23)24/h2-3,10-11,28H,4-9H2,1H3/t11-,15-,16+/m0/s1. The highest BCUT2D eigenvalue weighted by Gasteiger charge is 2.60. The minimum absolute atomic E-state index is 0.0872. The Morgan fingerprint density at radius 3 is 2.21 bits per heavy atom. The van der Waals surface area contributed by atoms with Gasteiger partial charge in [0.1, 0.15) is 0 Å². The number of aromatic nitrogens is 1. The Balaban J connectivity index is 1.68. The van der Waals surface area contributed by atoms with E-state index >= 15 is 0 Å². The molecule has 1 spiro atoms. The topological polar surface area (TPSA) is 62.7 Å². The largest absolute Gasteiger partial charge is 0.465 e. The van der Waals surface area contributed by atoms with E-state index < -0.39 is 42.3 Å². The Kier molecular flexibility index (Phi) is 5.25. The molecule has 1 saturated carbocycles. The number of alkyl halides is 6. The van der Waals surface area contributed by atoms with E-state index in [2.05, 4.69) is 4.98 Å². The second kappa shape index (κ2) is 7.03. The van der Waals surface area contributed by atoms with Crippen LogP contribution in [-0.2, 0) is 4.79 Å². The third-order valence-corrected chi connectivity index (χ3v) is 5.87. The smallest absolute Gasteiger partial charge is 0.425 e. The van der Waals surface area contributed by atoms with E-state index in [0.717, 1.165) is 6.92 Å². The molecule has 2 heterocycles. The molecule has 1 aliphatic heterocycles. The summed E-state index contributed by atoms with van der Waals surface area (Å²) in [6, 6.07) is 2.59. The van der Waals surface area contributed by atoms with Gasteiger partial charge >= 0.3 is 12.4 Å². The van der Waals surface area contributed by atoms with Crippen molar-refractivity contribution in [3.8, 4) is 5.88 Å². The SMILES string of the molecule is C[C@H](Oc1ccc(N2CC[C@]3(CC[C@@](O)(C(F)(F)F)CC3)C2=O)cn1)C(F)(F)F. The van der Waals surface area contributed by atoms with Crippen LogP contribution in [0.4, 0.5) is 32.0 Å². The van der Waals surface area contributed by atoms with Gasteiger partial charge in [0.05, 0.1) is 17.3 Å². The normalized spacial score (nSPS) is 29.4. The fourth-order valence-electron chi connectivity index (χ4n) is 3.81. The van der Waals surface area contributed by atoms with Crippen LogP contribution >= 0.6 is 0 Å². The van der Waals surface area contributed by atoms with Crippen LogP contribution < -0.4 is 9.64 Å². The maximum absolute atomic E-state index is 13.0. The van der Waals surface area contributed by atoms with E-state index in [-0.39, 0.29) is 31.2 Å². The summed E-state index contributed by atoms with van der Waals surface area (Å²) in [5.41, 5.74) is -3.42. The van der Waals surface area contributed by atoms with Gasteiger partial charge in [0.2, 0.25) is 11.8 Å². The molecule has 1 saturated heterocycles. The lowest BCUT2D eigenvalue weighted by atomic mass is 9.67. The molecule has 1 amide bonds. The highest BCUT2D eigenvalue weighted by molar-refractivity contribution is 5.99. The van der Waals surface area contributed by atoms with E-state index in [1.54, 1.807) is 0 Å². The van der Waals surface area contributed by atoms with Gasteiger partial charge in [-0.2, -0.15) is 26.3 Å². The third-order valence-electron chi connectivity index (χ3n) is 5.87. The minimum Gasteiger partial charge on any atom is -0.465 e. The van der Waals surface area contributed by atoms with Crippen molar-refractivity contribution in [2.45, 2.75) is 63.1 Å². The Bertz CT molecular complexity index is 754. The summed E-state index contributed by atoms with van der Waals surface area (Å²) >= 11 is 0. The maximum Gasteiger partial charge on any atom is 0.425 e. The summed E-state index contributed by atoms with van der Waals surface area (Å²) in [7, 11) is 0. The lowest BCUT2D eigenvalue weighted by Crippen LogP contribution is -2.51. The average molecular weight is 426 g/mol. The fraction of sp³-hybridized carbons (Fsp3) is 0.667. The van der Waals surface area contributed by atoms with Crippen molar-refractivity contribution < 1.29 is 41.0 Å². The summed E-state index contributed by atoms with van der Waals surface area (Å²) in [4.78, 5) is 18.1. The zero-order valence-electron chi connectivity index (χ0n) is 15.5. The molecule has 0 radical (unpaired) electrons.